The molecule has 0 aliphatic heterocycles. The molecule has 2 unspecified atom stereocenters. The Labute approximate surface area is 94.2 Å². The van der Waals surface area contributed by atoms with Crippen LogP contribution >= 0.6 is 0 Å². The van der Waals surface area contributed by atoms with Crippen LogP contribution in [-0.2, 0) is 4.74 Å². The van der Waals surface area contributed by atoms with Gasteiger partial charge in [0.25, 0.3) is 0 Å². The molecule has 90 valence electrons. The fraction of sp³-hybridized carbons (Fsp3) is 1.00. The molecule has 3 nitrogen and oxygen atoms in total. The molecule has 0 aromatic rings. The lowest BCUT2D eigenvalue weighted by atomic mass is 10.1. The fourth-order valence-electron chi connectivity index (χ4n) is 2.11. The average Bonchev–Trinajstić information content (AvgIpc) is 2.57. The molecule has 2 atom stereocenters. The van der Waals surface area contributed by atoms with Gasteiger partial charge in [0.2, 0.25) is 0 Å². The first-order chi connectivity index (χ1) is 7.20. The summed E-state index contributed by atoms with van der Waals surface area (Å²) in [7, 11) is 4.14. The monoisotopic (exact) mass is 214 g/mol. The summed E-state index contributed by atoms with van der Waals surface area (Å²) in [5, 5.41) is 3.58. The SMILES string of the molecule is CC1CCCC1NCCOCCN(C)C. The van der Waals surface area contributed by atoms with E-state index in [1.165, 1.54) is 19.3 Å². The van der Waals surface area contributed by atoms with Gasteiger partial charge >= 0.3 is 0 Å². The van der Waals surface area contributed by atoms with Crippen LogP contribution in [0.1, 0.15) is 26.2 Å². The third-order valence-corrected chi connectivity index (χ3v) is 3.20. The molecule has 1 aliphatic carbocycles. The van der Waals surface area contributed by atoms with Gasteiger partial charge in [-0.25, -0.2) is 0 Å². The molecule has 0 radical (unpaired) electrons. The summed E-state index contributed by atoms with van der Waals surface area (Å²) in [6.07, 6.45) is 4.12. The molecule has 1 saturated carbocycles. The van der Waals surface area contributed by atoms with Crippen LogP contribution in [0.4, 0.5) is 0 Å². The molecular weight excluding hydrogens is 188 g/mol. The minimum Gasteiger partial charge on any atom is -0.379 e. The molecule has 0 aromatic heterocycles. The maximum Gasteiger partial charge on any atom is 0.0593 e. The first-order valence-electron chi connectivity index (χ1n) is 6.16. The maximum absolute atomic E-state index is 5.54. The van der Waals surface area contributed by atoms with Crippen molar-refractivity contribution in [3.63, 3.8) is 0 Å². The van der Waals surface area contributed by atoms with Crippen molar-refractivity contribution in [2.75, 3.05) is 40.4 Å². The van der Waals surface area contributed by atoms with Crippen LogP contribution in [0.5, 0.6) is 0 Å². The van der Waals surface area contributed by atoms with Crippen molar-refractivity contribution < 1.29 is 4.74 Å². The normalized spacial score (nSPS) is 26.4. The number of nitrogens with one attached hydrogen (secondary N) is 1. The number of ether oxygens (including phenoxy) is 1. The molecule has 1 aliphatic rings. The van der Waals surface area contributed by atoms with E-state index < -0.39 is 0 Å². The Hall–Kier alpha value is -0.120. The molecule has 0 amide bonds. The van der Waals surface area contributed by atoms with Crippen molar-refractivity contribution in [1.82, 2.24) is 10.2 Å². The number of rotatable bonds is 7. The maximum atomic E-state index is 5.54. The van der Waals surface area contributed by atoms with Crippen LogP contribution in [-0.4, -0.2) is 51.3 Å². The largest absolute Gasteiger partial charge is 0.379 e. The van der Waals surface area contributed by atoms with Gasteiger partial charge in [-0.2, -0.15) is 0 Å². The Kier molecular flexibility index (Phi) is 6.22. The summed E-state index contributed by atoms with van der Waals surface area (Å²) in [5.74, 6) is 0.853. The van der Waals surface area contributed by atoms with Crippen LogP contribution in [0, 0.1) is 5.92 Å². The van der Waals surface area contributed by atoms with Gasteiger partial charge in [0.15, 0.2) is 0 Å². The first-order valence-corrected chi connectivity index (χ1v) is 6.16. The van der Waals surface area contributed by atoms with Gasteiger partial charge in [0, 0.05) is 19.1 Å². The molecule has 0 bridgehead atoms. The van der Waals surface area contributed by atoms with E-state index in [9.17, 15) is 0 Å². The summed E-state index contributed by atoms with van der Waals surface area (Å²) in [4.78, 5) is 2.15. The standard InChI is InChI=1S/C12H26N2O/c1-11-5-4-6-12(11)13-7-9-15-10-8-14(2)3/h11-13H,4-10H2,1-3H3. The second-order valence-electron chi connectivity index (χ2n) is 4.88. The van der Waals surface area contributed by atoms with Crippen molar-refractivity contribution in [3.05, 3.63) is 0 Å². The fourth-order valence-corrected chi connectivity index (χ4v) is 2.11. The molecule has 3 heteroatoms. The molecule has 15 heavy (non-hydrogen) atoms. The Morgan fingerprint density at radius 2 is 2.07 bits per heavy atom. The minimum absolute atomic E-state index is 0.738. The van der Waals surface area contributed by atoms with Crippen LogP contribution in [0.2, 0.25) is 0 Å². The van der Waals surface area contributed by atoms with Gasteiger partial charge in [-0.15, -0.1) is 0 Å². The molecule has 0 heterocycles. The number of nitrogens with zero attached hydrogens (tertiary/aromatic N) is 1. The molecule has 1 rings (SSSR count). The van der Waals surface area contributed by atoms with Gasteiger partial charge in [0.05, 0.1) is 13.2 Å². The zero-order chi connectivity index (χ0) is 11.1. The van der Waals surface area contributed by atoms with Crippen LogP contribution in [0.25, 0.3) is 0 Å². The van der Waals surface area contributed by atoms with Gasteiger partial charge in [-0.1, -0.05) is 13.3 Å². The Balaban J connectivity index is 1.88. The second kappa shape index (κ2) is 7.20. The molecule has 0 spiro atoms. The Bertz CT molecular complexity index is 162. The number of hydrogen-bond donors (Lipinski definition) is 1. The lowest BCUT2D eigenvalue weighted by Crippen LogP contribution is -2.34. The van der Waals surface area contributed by atoms with Crippen molar-refractivity contribution in [1.29, 1.82) is 0 Å². The third kappa shape index (κ3) is 5.50. The van der Waals surface area contributed by atoms with Crippen molar-refractivity contribution in [2.24, 2.45) is 5.92 Å². The van der Waals surface area contributed by atoms with Crippen LogP contribution in [0.15, 0.2) is 0 Å². The highest BCUT2D eigenvalue weighted by atomic mass is 16.5. The topological polar surface area (TPSA) is 24.5 Å². The predicted octanol–water partition coefficient (Wildman–Crippen LogP) is 1.34. The van der Waals surface area contributed by atoms with Crippen LogP contribution in [0.3, 0.4) is 0 Å². The van der Waals surface area contributed by atoms with E-state index in [4.69, 9.17) is 4.74 Å². The quantitative estimate of drug-likeness (QED) is 0.647. The average molecular weight is 214 g/mol. The van der Waals surface area contributed by atoms with E-state index in [0.29, 0.717) is 0 Å². The smallest absolute Gasteiger partial charge is 0.0593 e. The summed E-state index contributed by atoms with van der Waals surface area (Å²) in [6.45, 7) is 6.05. The van der Waals surface area contributed by atoms with E-state index in [0.717, 1.165) is 38.3 Å². The summed E-state index contributed by atoms with van der Waals surface area (Å²) >= 11 is 0. The Morgan fingerprint density at radius 1 is 1.27 bits per heavy atom. The van der Waals surface area contributed by atoms with Crippen molar-refractivity contribution in [3.8, 4) is 0 Å². The summed E-state index contributed by atoms with van der Waals surface area (Å²) in [6, 6.07) is 0.738. The number of likely N-dealkylation sites (N-methyl/N-ethyl adjacent to an activating group) is 1. The van der Waals surface area contributed by atoms with E-state index >= 15 is 0 Å². The highest BCUT2D eigenvalue weighted by Gasteiger charge is 2.21. The van der Waals surface area contributed by atoms with Crippen molar-refractivity contribution in [2.45, 2.75) is 32.2 Å². The first kappa shape index (κ1) is 12.9. The summed E-state index contributed by atoms with van der Waals surface area (Å²) < 4.78 is 5.54. The van der Waals surface area contributed by atoms with Crippen molar-refractivity contribution >= 4 is 0 Å². The van der Waals surface area contributed by atoms with Crippen LogP contribution < -0.4 is 5.32 Å². The molecular formula is C12H26N2O. The third-order valence-electron chi connectivity index (χ3n) is 3.20. The molecule has 0 saturated heterocycles. The minimum atomic E-state index is 0.738. The highest BCUT2D eigenvalue weighted by Crippen LogP contribution is 2.24. The van der Waals surface area contributed by atoms with Gasteiger partial charge in [-0.3, -0.25) is 0 Å². The van der Waals surface area contributed by atoms with Gasteiger partial charge < -0.3 is 15.0 Å². The lowest BCUT2D eigenvalue weighted by Gasteiger charge is -2.17. The zero-order valence-electron chi connectivity index (χ0n) is 10.5. The van der Waals surface area contributed by atoms with E-state index in [-0.39, 0.29) is 0 Å². The van der Waals surface area contributed by atoms with E-state index in [1.807, 2.05) is 0 Å². The lowest BCUT2D eigenvalue weighted by molar-refractivity contribution is 0.116. The number of hydrogen-bond acceptors (Lipinski definition) is 3. The predicted molar refractivity (Wildman–Crippen MR) is 64.2 cm³/mol. The van der Waals surface area contributed by atoms with Gasteiger partial charge in [-0.05, 0) is 32.9 Å². The second-order valence-corrected chi connectivity index (χ2v) is 4.88. The van der Waals surface area contributed by atoms with Gasteiger partial charge in [0.1, 0.15) is 0 Å². The molecule has 1 fully saturated rings. The zero-order valence-corrected chi connectivity index (χ0v) is 10.5. The van der Waals surface area contributed by atoms with E-state index in [1.54, 1.807) is 0 Å². The molecule has 1 N–H and O–H groups in total. The summed E-state index contributed by atoms with van der Waals surface area (Å²) in [5.41, 5.74) is 0. The van der Waals surface area contributed by atoms with E-state index in [2.05, 4.69) is 31.2 Å². The Morgan fingerprint density at radius 3 is 2.67 bits per heavy atom. The molecule has 0 aromatic carbocycles. The highest BCUT2D eigenvalue weighted by molar-refractivity contribution is 4.79.